The summed E-state index contributed by atoms with van der Waals surface area (Å²) in [6, 6.07) is 13.4. The number of aromatic nitrogens is 2. The van der Waals surface area contributed by atoms with Crippen LogP contribution in [0.3, 0.4) is 0 Å². The molecule has 0 aliphatic carbocycles. The van der Waals surface area contributed by atoms with Crippen LogP contribution in [0, 0.1) is 6.92 Å². The Morgan fingerprint density at radius 1 is 1.18 bits per heavy atom. The molecule has 0 aliphatic heterocycles. The van der Waals surface area contributed by atoms with Crippen LogP contribution in [0.1, 0.15) is 21.7 Å². The second-order valence-electron chi connectivity index (χ2n) is 4.86. The minimum Gasteiger partial charge on any atom is -0.345 e. The van der Waals surface area contributed by atoms with Crippen molar-refractivity contribution in [3.05, 3.63) is 71.0 Å². The van der Waals surface area contributed by atoms with E-state index in [1.165, 1.54) is 5.56 Å². The molecule has 0 atom stereocenters. The van der Waals surface area contributed by atoms with Crippen LogP contribution in [-0.2, 0) is 6.54 Å². The number of benzene rings is 1. The summed E-state index contributed by atoms with van der Waals surface area (Å²) in [4.78, 5) is 20.6. The second kappa shape index (κ2) is 6.49. The number of nitrogens with one attached hydrogen (secondary N) is 1. The second-order valence-corrected chi connectivity index (χ2v) is 5.71. The maximum atomic E-state index is 12.0. The molecule has 22 heavy (non-hydrogen) atoms. The van der Waals surface area contributed by atoms with E-state index in [2.05, 4.69) is 34.3 Å². The first-order valence-corrected chi connectivity index (χ1v) is 7.81. The Morgan fingerprint density at radius 3 is 2.77 bits per heavy atom. The number of thiazole rings is 1. The van der Waals surface area contributed by atoms with Crippen molar-refractivity contribution < 1.29 is 4.79 Å². The molecule has 1 N–H and O–H groups in total. The van der Waals surface area contributed by atoms with Crippen LogP contribution in [0.4, 0.5) is 0 Å². The molecule has 3 rings (SSSR count). The van der Waals surface area contributed by atoms with Gasteiger partial charge < -0.3 is 5.32 Å². The van der Waals surface area contributed by atoms with Crippen LogP contribution < -0.4 is 5.32 Å². The molecule has 4 nitrogen and oxygen atoms in total. The molecule has 2 aromatic heterocycles. The summed E-state index contributed by atoms with van der Waals surface area (Å²) in [6.45, 7) is 2.47. The van der Waals surface area contributed by atoms with E-state index in [1.54, 1.807) is 35.7 Å². The minimum atomic E-state index is -0.189. The van der Waals surface area contributed by atoms with Crippen molar-refractivity contribution in [1.82, 2.24) is 15.3 Å². The van der Waals surface area contributed by atoms with Crippen molar-refractivity contribution in [2.45, 2.75) is 13.5 Å². The Balaban J connectivity index is 1.68. The molecular weight excluding hydrogens is 294 g/mol. The molecule has 0 fully saturated rings. The molecule has 0 spiro atoms. The number of amides is 1. The standard InChI is InChI=1S/C17H15N3OS/c1-12-6-2-3-7-14(12)17-20-13(11-22-17)10-19-16(21)15-8-4-5-9-18-15/h2-9,11H,10H2,1H3,(H,19,21). The van der Waals surface area contributed by atoms with Crippen LogP contribution in [0.2, 0.25) is 0 Å². The summed E-state index contributed by atoms with van der Waals surface area (Å²) in [5, 5.41) is 5.78. The van der Waals surface area contributed by atoms with Gasteiger partial charge >= 0.3 is 0 Å². The van der Waals surface area contributed by atoms with E-state index in [0.29, 0.717) is 12.2 Å². The molecule has 0 saturated heterocycles. The minimum absolute atomic E-state index is 0.189. The lowest BCUT2D eigenvalue weighted by molar-refractivity contribution is 0.0945. The summed E-state index contributed by atoms with van der Waals surface area (Å²) in [6.07, 6.45) is 1.61. The number of rotatable bonds is 4. The quantitative estimate of drug-likeness (QED) is 0.803. The van der Waals surface area contributed by atoms with Crippen molar-refractivity contribution in [2.75, 3.05) is 0 Å². The number of pyridine rings is 1. The number of carbonyl (C=O) groups excluding carboxylic acids is 1. The lowest BCUT2D eigenvalue weighted by atomic mass is 10.1. The third-order valence-electron chi connectivity index (χ3n) is 3.25. The first-order chi connectivity index (χ1) is 10.7. The summed E-state index contributed by atoms with van der Waals surface area (Å²) in [7, 11) is 0. The molecule has 5 heteroatoms. The highest BCUT2D eigenvalue weighted by Gasteiger charge is 2.09. The summed E-state index contributed by atoms with van der Waals surface area (Å²) in [5.41, 5.74) is 3.60. The Bertz CT molecular complexity index is 783. The molecule has 110 valence electrons. The van der Waals surface area contributed by atoms with Gasteiger partial charge in [0.25, 0.3) is 5.91 Å². The molecule has 0 bridgehead atoms. The zero-order valence-corrected chi connectivity index (χ0v) is 12.9. The van der Waals surface area contributed by atoms with Gasteiger partial charge in [-0.3, -0.25) is 9.78 Å². The Labute approximate surface area is 132 Å². The van der Waals surface area contributed by atoms with Gasteiger partial charge in [0.1, 0.15) is 10.7 Å². The van der Waals surface area contributed by atoms with Gasteiger partial charge in [0.2, 0.25) is 0 Å². The zero-order valence-electron chi connectivity index (χ0n) is 12.1. The molecule has 2 heterocycles. The Kier molecular flexibility index (Phi) is 4.25. The lowest BCUT2D eigenvalue weighted by Gasteiger charge is -2.02. The monoisotopic (exact) mass is 309 g/mol. The third kappa shape index (κ3) is 3.20. The molecular formula is C17H15N3OS. The van der Waals surface area contributed by atoms with Crippen LogP contribution in [0.5, 0.6) is 0 Å². The molecule has 0 radical (unpaired) electrons. The maximum Gasteiger partial charge on any atom is 0.270 e. The fraction of sp³-hybridized carbons (Fsp3) is 0.118. The first kappa shape index (κ1) is 14.4. The molecule has 0 unspecified atom stereocenters. The highest BCUT2D eigenvalue weighted by Crippen LogP contribution is 2.26. The van der Waals surface area contributed by atoms with Gasteiger partial charge in [-0.2, -0.15) is 0 Å². The van der Waals surface area contributed by atoms with Gasteiger partial charge in [-0.05, 0) is 24.6 Å². The van der Waals surface area contributed by atoms with Crippen molar-refractivity contribution in [3.63, 3.8) is 0 Å². The van der Waals surface area contributed by atoms with E-state index in [0.717, 1.165) is 16.3 Å². The molecule has 1 amide bonds. The normalized spacial score (nSPS) is 10.4. The number of hydrogen-bond acceptors (Lipinski definition) is 4. The molecule has 0 aliphatic rings. The van der Waals surface area contributed by atoms with Gasteiger partial charge in [-0.25, -0.2) is 4.98 Å². The summed E-state index contributed by atoms with van der Waals surface area (Å²) < 4.78 is 0. The van der Waals surface area contributed by atoms with Crippen molar-refractivity contribution in [1.29, 1.82) is 0 Å². The van der Waals surface area contributed by atoms with Crippen molar-refractivity contribution in [3.8, 4) is 10.6 Å². The third-order valence-corrected chi connectivity index (χ3v) is 4.18. The van der Waals surface area contributed by atoms with E-state index < -0.39 is 0 Å². The smallest absolute Gasteiger partial charge is 0.270 e. The average Bonchev–Trinajstić information content (AvgIpc) is 3.02. The number of hydrogen-bond donors (Lipinski definition) is 1. The number of aryl methyl sites for hydroxylation is 1. The lowest BCUT2D eigenvalue weighted by Crippen LogP contribution is -2.23. The highest BCUT2D eigenvalue weighted by atomic mass is 32.1. The SMILES string of the molecule is Cc1ccccc1-c1nc(CNC(=O)c2ccccn2)cs1. The van der Waals surface area contributed by atoms with E-state index in [-0.39, 0.29) is 5.91 Å². The maximum absolute atomic E-state index is 12.0. The summed E-state index contributed by atoms with van der Waals surface area (Å²) in [5.74, 6) is -0.189. The van der Waals surface area contributed by atoms with Gasteiger partial charge in [-0.1, -0.05) is 30.3 Å². The first-order valence-electron chi connectivity index (χ1n) is 6.93. The number of nitrogens with zero attached hydrogens (tertiary/aromatic N) is 2. The van der Waals surface area contributed by atoms with Crippen molar-refractivity contribution >= 4 is 17.2 Å². The van der Waals surface area contributed by atoms with E-state index in [1.807, 2.05) is 17.5 Å². The van der Waals surface area contributed by atoms with Crippen LogP contribution >= 0.6 is 11.3 Å². The Morgan fingerprint density at radius 2 is 2.00 bits per heavy atom. The number of carbonyl (C=O) groups is 1. The molecule has 3 aromatic rings. The van der Waals surface area contributed by atoms with E-state index in [9.17, 15) is 4.79 Å². The van der Waals surface area contributed by atoms with Gasteiger partial charge in [0.15, 0.2) is 0 Å². The van der Waals surface area contributed by atoms with Crippen LogP contribution in [-0.4, -0.2) is 15.9 Å². The van der Waals surface area contributed by atoms with Crippen LogP contribution in [0.25, 0.3) is 10.6 Å². The van der Waals surface area contributed by atoms with Crippen molar-refractivity contribution in [2.24, 2.45) is 0 Å². The van der Waals surface area contributed by atoms with Gasteiger partial charge in [0.05, 0.1) is 12.2 Å². The Hall–Kier alpha value is -2.53. The summed E-state index contributed by atoms with van der Waals surface area (Å²) >= 11 is 1.59. The topological polar surface area (TPSA) is 54.9 Å². The van der Waals surface area contributed by atoms with Gasteiger partial charge in [0, 0.05) is 17.1 Å². The average molecular weight is 309 g/mol. The van der Waals surface area contributed by atoms with Crippen LogP contribution in [0.15, 0.2) is 54.0 Å². The molecule has 0 saturated carbocycles. The van der Waals surface area contributed by atoms with E-state index in [4.69, 9.17) is 0 Å². The highest BCUT2D eigenvalue weighted by molar-refractivity contribution is 7.13. The zero-order chi connectivity index (χ0) is 15.4. The largest absolute Gasteiger partial charge is 0.345 e. The fourth-order valence-corrected chi connectivity index (χ4v) is 2.99. The predicted octanol–water partition coefficient (Wildman–Crippen LogP) is 3.44. The molecule has 1 aromatic carbocycles. The predicted molar refractivity (Wildman–Crippen MR) is 87.7 cm³/mol. The van der Waals surface area contributed by atoms with Gasteiger partial charge in [-0.15, -0.1) is 11.3 Å². The van der Waals surface area contributed by atoms with E-state index >= 15 is 0 Å². The fourth-order valence-electron chi connectivity index (χ4n) is 2.08.